The van der Waals surface area contributed by atoms with E-state index in [1.165, 1.54) is 5.56 Å². The summed E-state index contributed by atoms with van der Waals surface area (Å²) in [5.74, 6) is 0.935. The fourth-order valence-corrected chi connectivity index (χ4v) is 5.73. The van der Waals surface area contributed by atoms with Gasteiger partial charge in [0, 0.05) is 11.7 Å². The number of hydrogen-bond acceptors (Lipinski definition) is 2. The SMILES string of the molecule is CCCCC1=CC(C)(CCCC)P(=O)(c2ccc(C)cc2)O1. The molecule has 2 atom stereocenters. The Kier molecular flexibility index (Phi) is 5.55. The molecule has 22 heavy (non-hydrogen) atoms. The predicted octanol–water partition coefficient (Wildman–Crippen LogP) is 5.95. The molecule has 1 aliphatic rings. The van der Waals surface area contributed by atoms with Crippen molar-refractivity contribution in [2.45, 2.75) is 71.4 Å². The molecule has 0 saturated heterocycles. The summed E-state index contributed by atoms with van der Waals surface area (Å²) in [6, 6.07) is 8.03. The fraction of sp³-hybridized carbons (Fsp3) is 0.579. The smallest absolute Gasteiger partial charge is 0.286 e. The summed E-state index contributed by atoms with van der Waals surface area (Å²) in [4.78, 5) is 0. The van der Waals surface area contributed by atoms with Crippen LogP contribution in [-0.2, 0) is 9.09 Å². The lowest BCUT2D eigenvalue weighted by molar-refractivity contribution is 0.396. The maximum atomic E-state index is 13.8. The van der Waals surface area contributed by atoms with Crippen molar-refractivity contribution in [3.05, 3.63) is 41.7 Å². The van der Waals surface area contributed by atoms with Gasteiger partial charge in [-0.15, -0.1) is 0 Å². The maximum absolute atomic E-state index is 13.8. The monoisotopic (exact) mass is 320 g/mol. The maximum Gasteiger partial charge on any atom is 0.286 e. The summed E-state index contributed by atoms with van der Waals surface area (Å²) in [6.07, 6.45) is 8.39. The zero-order chi connectivity index (χ0) is 16.2. The molecule has 1 aromatic rings. The number of hydrogen-bond donors (Lipinski definition) is 0. The van der Waals surface area contributed by atoms with E-state index in [4.69, 9.17) is 4.52 Å². The van der Waals surface area contributed by atoms with Crippen LogP contribution in [0.4, 0.5) is 0 Å². The van der Waals surface area contributed by atoms with E-state index >= 15 is 0 Å². The number of aryl methyl sites for hydroxylation is 1. The average molecular weight is 320 g/mol. The van der Waals surface area contributed by atoms with Crippen LogP contribution in [0.25, 0.3) is 0 Å². The first-order chi connectivity index (χ1) is 10.4. The van der Waals surface area contributed by atoms with E-state index in [1.807, 2.05) is 24.3 Å². The summed E-state index contributed by atoms with van der Waals surface area (Å²) >= 11 is 0. The van der Waals surface area contributed by atoms with E-state index in [1.54, 1.807) is 0 Å². The molecule has 1 heterocycles. The van der Waals surface area contributed by atoms with E-state index < -0.39 is 7.37 Å². The molecule has 0 amide bonds. The van der Waals surface area contributed by atoms with E-state index in [0.717, 1.165) is 49.6 Å². The summed E-state index contributed by atoms with van der Waals surface area (Å²) < 4.78 is 19.9. The minimum Gasteiger partial charge on any atom is -0.444 e. The molecule has 0 aromatic heterocycles. The lowest BCUT2D eigenvalue weighted by Crippen LogP contribution is -2.25. The van der Waals surface area contributed by atoms with Crippen LogP contribution in [0.2, 0.25) is 0 Å². The Balaban J connectivity index is 2.35. The molecular formula is C19H29O2P. The van der Waals surface area contributed by atoms with Crippen molar-refractivity contribution in [3.8, 4) is 0 Å². The van der Waals surface area contributed by atoms with Gasteiger partial charge in [-0.2, -0.15) is 0 Å². The van der Waals surface area contributed by atoms with Crippen molar-refractivity contribution in [3.63, 3.8) is 0 Å². The highest BCUT2D eigenvalue weighted by atomic mass is 31.2. The minimum atomic E-state index is -2.88. The van der Waals surface area contributed by atoms with Gasteiger partial charge in [0.25, 0.3) is 7.37 Å². The van der Waals surface area contributed by atoms with Gasteiger partial charge in [-0.1, -0.05) is 50.8 Å². The van der Waals surface area contributed by atoms with Crippen molar-refractivity contribution < 1.29 is 9.09 Å². The lowest BCUT2D eigenvalue weighted by atomic mass is 10.0. The summed E-state index contributed by atoms with van der Waals surface area (Å²) in [6.45, 7) is 8.52. The van der Waals surface area contributed by atoms with Crippen molar-refractivity contribution in [1.82, 2.24) is 0 Å². The summed E-state index contributed by atoms with van der Waals surface area (Å²) in [7, 11) is -2.88. The van der Waals surface area contributed by atoms with E-state index in [9.17, 15) is 4.57 Å². The Bertz CT molecular complexity index is 574. The van der Waals surface area contributed by atoms with Crippen LogP contribution in [0.5, 0.6) is 0 Å². The lowest BCUT2D eigenvalue weighted by Gasteiger charge is -2.29. The Morgan fingerprint density at radius 2 is 1.73 bits per heavy atom. The number of unbranched alkanes of at least 4 members (excludes halogenated alkanes) is 2. The van der Waals surface area contributed by atoms with Crippen molar-refractivity contribution in [2.75, 3.05) is 0 Å². The molecule has 0 N–H and O–H groups in total. The molecule has 0 bridgehead atoms. The molecule has 2 nitrogen and oxygen atoms in total. The topological polar surface area (TPSA) is 26.3 Å². The fourth-order valence-electron chi connectivity index (χ4n) is 3.04. The molecule has 0 spiro atoms. The zero-order valence-electron chi connectivity index (χ0n) is 14.4. The molecule has 2 unspecified atom stereocenters. The Labute approximate surface area is 135 Å². The highest BCUT2D eigenvalue weighted by Gasteiger charge is 2.50. The largest absolute Gasteiger partial charge is 0.444 e. The van der Waals surface area contributed by atoms with Gasteiger partial charge in [-0.3, -0.25) is 4.57 Å². The quantitative estimate of drug-likeness (QED) is 0.580. The standard InChI is InChI=1S/C19H29O2P/c1-5-7-9-17-15-19(4,14-8-6-2)22(20,21-17)18-12-10-16(3)11-13-18/h10-13,15H,5-9,14H2,1-4H3. The van der Waals surface area contributed by atoms with Crippen LogP contribution in [-0.4, -0.2) is 5.16 Å². The second-order valence-electron chi connectivity index (χ2n) is 6.65. The second-order valence-corrected chi connectivity index (χ2v) is 9.48. The Morgan fingerprint density at radius 1 is 1.09 bits per heavy atom. The molecule has 1 aromatic carbocycles. The van der Waals surface area contributed by atoms with Crippen LogP contribution in [0.1, 0.15) is 64.9 Å². The van der Waals surface area contributed by atoms with Crippen LogP contribution in [0.3, 0.4) is 0 Å². The predicted molar refractivity (Wildman–Crippen MR) is 95.0 cm³/mol. The van der Waals surface area contributed by atoms with E-state index in [2.05, 4.69) is 33.8 Å². The minimum absolute atomic E-state index is 0.360. The van der Waals surface area contributed by atoms with Gasteiger partial charge in [0.2, 0.25) is 0 Å². The molecule has 1 aliphatic heterocycles. The number of allylic oxidation sites excluding steroid dienone is 2. The first kappa shape index (κ1) is 17.3. The van der Waals surface area contributed by atoms with Gasteiger partial charge in [0.15, 0.2) is 0 Å². The molecule has 0 radical (unpaired) electrons. The van der Waals surface area contributed by atoms with Crippen LogP contribution in [0, 0.1) is 6.92 Å². The highest BCUT2D eigenvalue weighted by molar-refractivity contribution is 7.69. The molecule has 0 saturated carbocycles. The van der Waals surface area contributed by atoms with E-state index in [0.29, 0.717) is 0 Å². The Morgan fingerprint density at radius 3 is 2.32 bits per heavy atom. The van der Waals surface area contributed by atoms with Gasteiger partial charge in [0.1, 0.15) is 5.76 Å². The average Bonchev–Trinajstić information content (AvgIpc) is 2.76. The van der Waals surface area contributed by atoms with Gasteiger partial charge >= 0.3 is 0 Å². The van der Waals surface area contributed by atoms with Gasteiger partial charge in [-0.05, 0) is 44.9 Å². The van der Waals surface area contributed by atoms with Crippen molar-refractivity contribution >= 4 is 12.7 Å². The number of benzene rings is 1. The number of rotatable bonds is 7. The molecule has 122 valence electrons. The second kappa shape index (κ2) is 7.04. The summed E-state index contributed by atoms with van der Waals surface area (Å²) in [5.41, 5.74) is 1.18. The van der Waals surface area contributed by atoms with Crippen molar-refractivity contribution in [1.29, 1.82) is 0 Å². The molecule has 2 rings (SSSR count). The van der Waals surface area contributed by atoms with Gasteiger partial charge in [-0.25, -0.2) is 0 Å². The first-order valence-corrected chi connectivity index (χ1v) is 10.2. The highest BCUT2D eigenvalue weighted by Crippen LogP contribution is 2.66. The third-order valence-electron chi connectivity index (χ3n) is 4.58. The molecule has 0 fully saturated rings. The van der Waals surface area contributed by atoms with Crippen LogP contribution >= 0.6 is 7.37 Å². The van der Waals surface area contributed by atoms with Crippen molar-refractivity contribution in [2.24, 2.45) is 0 Å². The Hall–Kier alpha value is -1.01. The van der Waals surface area contributed by atoms with Gasteiger partial charge in [0.05, 0.1) is 5.16 Å². The van der Waals surface area contributed by atoms with Crippen LogP contribution in [0.15, 0.2) is 36.1 Å². The first-order valence-electron chi connectivity index (χ1n) is 8.54. The third kappa shape index (κ3) is 3.33. The van der Waals surface area contributed by atoms with E-state index in [-0.39, 0.29) is 5.16 Å². The molecular weight excluding hydrogens is 291 g/mol. The normalized spacial score (nSPS) is 27.5. The van der Waals surface area contributed by atoms with Crippen LogP contribution < -0.4 is 5.30 Å². The molecule has 0 aliphatic carbocycles. The summed E-state index contributed by atoms with van der Waals surface area (Å²) in [5, 5.41) is 0.501. The third-order valence-corrected chi connectivity index (χ3v) is 7.74. The molecule has 3 heteroatoms. The van der Waals surface area contributed by atoms with Gasteiger partial charge < -0.3 is 4.52 Å². The zero-order valence-corrected chi connectivity index (χ0v) is 15.3.